The number of rotatable bonds is 4. The molecule has 0 spiro atoms. The largest absolute Gasteiger partial charge is 0.493 e. The van der Waals surface area contributed by atoms with Gasteiger partial charge in [0.1, 0.15) is 0 Å². The number of hydrogen-bond donors (Lipinski definition) is 1. The summed E-state index contributed by atoms with van der Waals surface area (Å²) in [6.45, 7) is 3.22. The Hall–Kier alpha value is -1.66. The maximum atomic E-state index is 12.6. The van der Waals surface area contributed by atoms with Crippen LogP contribution in [0.4, 0.5) is 0 Å². The molecular formula is C15H23ClN2O4. The second kappa shape index (κ2) is 8.70. The number of benzene rings is 1. The Morgan fingerprint density at radius 2 is 1.68 bits per heavy atom. The van der Waals surface area contributed by atoms with Crippen LogP contribution in [0.25, 0.3) is 0 Å². The van der Waals surface area contributed by atoms with Crippen LogP contribution in [0.2, 0.25) is 0 Å². The Labute approximate surface area is 137 Å². The van der Waals surface area contributed by atoms with E-state index in [0.717, 1.165) is 26.1 Å². The van der Waals surface area contributed by atoms with Gasteiger partial charge in [-0.1, -0.05) is 0 Å². The highest BCUT2D eigenvalue weighted by Gasteiger charge is 2.21. The molecule has 1 fully saturated rings. The first-order valence-electron chi connectivity index (χ1n) is 7.01. The molecule has 0 atom stereocenters. The lowest BCUT2D eigenvalue weighted by Gasteiger charge is -2.21. The molecule has 1 amide bonds. The highest BCUT2D eigenvalue weighted by atomic mass is 35.5. The van der Waals surface area contributed by atoms with Gasteiger partial charge in [0, 0.05) is 25.2 Å². The van der Waals surface area contributed by atoms with E-state index in [4.69, 9.17) is 14.2 Å². The zero-order valence-electron chi connectivity index (χ0n) is 13.2. The number of ether oxygens (including phenoxy) is 3. The third-order valence-corrected chi connectivity index (χ3v) is 3.54. The van der Waals surface area contributed by atoms with Crippen LogP contribution >= 0.6 is 12.4 Å². The number of nitrogens with one attached hydrogen (secondary N) is 1. The quantitative estimate of drug-likeness (QED) is 0.908. The second-order valence-electron chi connectivity index (χ2n) is 4.81. The van der Waals surface area contributed by atoms with E-state index in [0.29, 0.717) is 29.4 Å². The predicted octanol–water partition coefficient (Wildman–Crippen LogP) is 1.57. The highest BCUT2D eigenvalue weighted by molar-refractivity contribution is 5.95. The van der Waals surface area contributed by atoms with Gasteiger partial charge in [-0.2, -0.15) is 0 Å². The van der Waals surface area contributed by atoms with Crippen LogP contribution in [0.1, 0.15) is 16.8 Å². The van der Waals surface area contributed by atoms with Crippen molar-refractivity contribution >= 4 is 18.3 Å². The van der Waals surface area contributed by atoms with E-state index >= 15 is 0 Å². The van der Waals surface area contributed by atoms with Crippen LogP contribution in [0.5, 0.6) is 17.2 Å². The normalized spacial score (nSPS) is 14.6. The van der Waals surface area contributed by atoms with Crippen molar-refractivity contribution < 1.29 is 19.0 Å². The summed E-state index contributed by atoms with van der Waals surface area (Å²) in [7, 11) is 4.63. The van der Waals surface area contributed by atoms with Crippen LogP contribution in [0, 0.1) is 0 Å². The smallest absolute Gasteiger partial charge is 0.254 e. The minimum Gasteiger partial charge on any atom is -0.493 e. The Balaban J connectivity index is 0.00000242. The molecule has 0 saturated carbocycles. The van der Waals surface area contributed by atoms with Crippen molar-refractivity contribution in [2.24, 2.45) is 0 Å². The number of carbonyl (C=O) groups is 1. The van der Waals surface area contributed by atoms with Gasteiger partial charge in [-0.25, -0.2) is 0 Å². The molecule has 0 radical (unpaired) electrons. The number of hydrogen-bond acceptors (Lipinski definition) is 5. The molecule has 0 bridgehead atoms. The van der Waals surface area contributed by atoms with Gasteiger partial charge in [0.15, 0.2) is 11.5 Å². The standard InChI is InChI=1S/C15H22N2O4.ClH/c1-19-12-9-11(10-13(20-2)14(12)21-3)15(18)17-7-4-5-16-6-8-17;/h9-10,16H,4-8H2,1-3H3;1H. The van der Waals surface area contributed by atoms with Crippen LogP contribution in [0.3, 0.4) is 0 Å². The van der Waals surface area contributed by atoms with Gasteiger partial charge in [-0.15, -0.1) is 12.4 Å². The summed E-state index contributed by atoms with van der Waals surface area (Å²) in [4.78, 5) is 14.5. The minimum absolute atomic E-state index is 0. The first-order valence-corrected chi connectivity index (χ1v) is 7.01. The third-order valence-electron chi connectivity index (χ3n) is 3.54. The Bertz CT molecular complexity index is 477. The number of amides is 1. The maximum absolute atomic E-state index is 12.6. The van der Waals surface area contributed by atoms with E-state index in [1.165, 1.54) is 0 Å². The Kier molecular flexibility index (Phi) is 7.27. The van der Waals surface area contributed by atoms with Crippen molar-refractivity contribution in [1.29, 1.82) is 0 Å². The zero-order valence-corrected chi connectivity index (χ0v) is 14.0. The van der Waals surface area contributed by atoms with Gasteiger partial charge >= 0.3 is 0 Å². The second-order valence-corrected chi connectivity index (χ2v) is 4.81. The molecular weight excluding hydrogens is 308 g/mol. The van der Waals surface area contributed by atoms with Crippen LogP contribution in [-0.4, -0.2) is 58.3 Å². The Morgan fingerprint density at radius 3 is 2.23 bits per heavy atom. The lowest BCUT2D eigenvalue weighted by molar-refractivity contribution is 0.0765. The van der Waals surface area contributed by atoms with Crippen molar-refractivity contribution in [1.82, 2.24) is 10.2 Å². The van der Waals surface area contributed by atoms with Crippen molar-refractivity contribution in [3.63, 3.8) is 0 Å². The average molecular weight is 331 g/mol. The van der Waals surface area contributed by atoms with E-state index in [-0.39, 0.29) is 18.3 Å². The van der Waals surface area contributed by atoms with Gasteiger partial charge in [0.25, 0.3) is 5.91 Å². The number of carbonyl (C=O) groups excluding carboxylic acids is 1. The SMILES string of the molecule is COc1cc(C(=O)N2CCCNCC2)cc(OC)c1OC.Cl. The predicted molar refractivity (Wildman–Crippen MR) is 86.7 cm³/mol. The van der Waals surface area contributed by atoms with Gasteiger partial charge in [0.2, 0.25) is 5.75 Å². The summed E-state index contributed by atoms with van der Waals surface area (Å²) < 4.78 is 15.9. The first-order chi connectivity index (χ1) is 10.2. The molecule has 0 unspecified atom stereocenters. The molecule has 1 aliphatic heterocycles. The monoisotopic (exact) mass is 330 g/mol. The van der Waals surface area contributed by atoms with Crippen LogP contribution < -0.4 is 19.5 Å². The topological polar surface area (TPSA) is 60.0 Å². The van der Waals surface area contributed by atoms with E-state index < -0.39 is 0 Å². The van der Waals surface area contributed by atoms with E-state index in [1.54, 1.807) is 33.5 Å². The molecule has 1 heterocycles. The lowest BCUT2D eigenvalue weighted by atomic mass is 10.1. The first kappa shape index (κ1) is 18.4. The maximum Gasteiger partial charge on any atom is 0.254 e. The molecule has 1 aromatic rings. The summed E-state index contributed by atoms with van der Waals surface area (Å²) in [5.74, 6) is 1.47. The summed E-state index contributed by atoms with van der Waals surface area (Å²) in [5, 5.41) is 3.28. The minimum atomic E-state index is -0.0158. The fourth-order valence-corrected chi connectivity index (χ4v) is 2.44. The number of halogens is 1. The molecule has 2 rings (SSSR count). The summed E-state index contributed by atoms with van der Waals surface area (Å²) >= 11 is 0. The lowest BCUT2D eigenvalue weighted by Crippen LogP contribution is -2.34. The molecule has 1 saturated heterocycles. The van der Waals surface area contributed by atoms with Crippen molar-refractivity contribution in [3.8, 4) is 17.2 Å². The van der Waals surface area contributed by atoms with Gasteiger partial charge in [-0.3, -0.25) is 4.79 Å². The summed E-state index contributed by atoms with van der Waals surface area (Å²) in [5.41, 5.74) is 0.548. The molecule has 7 heteroatoms. The van der Waals surface area contributed by atoms with Gasteiger partial charge in [0.05, 0.1) is 21.3 Å². The number of methoxy groups -OCH3 is 3. The molecule has 0 aliphatic carbocycles. The summed E-state index contributed by atoms with van der Waals surface area (Å²) in [6.07, 6.45) is 0.955. The van der Waals surface area contributed by atoms with Gasteiger partial charge in [-0.05, 0) is 25.1 Å². The molecule has 6 nitrogen and oxygen atoms in total. The summed E-state index contributed by atoms with van der Waals surface area (Å²) in [6, 6.07) is 3.39. The van der Waals surface area contributed by atoms with E-state index in [1.807, 2.05) is 4.90 Å². The van der Waals surface area contributed by atoms with Crippen LogP contribution in [-0.2, 0) is 0 Å². The number of nitrogens with zero attached hydrogens (tertiary/aromatic N) is 1. The van der Waals surface area contributed by atoms with Crippen molar-refractivity contribution in [3.05, 3.63) is 17.7 Å². The van der Waals surface area contributed by atoms with Crippen molar-refractivity contribution in [2.45, 2.75) is 6.42 Å². The molecule has 1 aliphatic rings. The van der Waals surface area contributed by atoms with Crippen LogP contribution in [0.15, 0.2) is 12.1 Å². The molecule has 1 N–H and O–H groups in total. The van der Waals surface area contributed by atoms with Crippen molar-refractivity contribution in [2.75, 3.05) is 47.5 Å². The average Bonchev–Trinajstić information content (AvgIpc) is 2.81. The van der Waals surface area contributed by atoms with E-state index in [2.05, 4.69) is 5.32 Å². The Morgan fingerprint density at radius 1 is 1.05 bits per heavy atom. The molecule has 22 heavy (non-hydrogen) atoms. The highest BCUT2D eigenvalue weighted by Crippen LogP contribution is 2.38. The molecule has 0 aromatic heterocycles. The molecule has 124 valence electrons. The fraction of sp³-hybridized carbons (Fsp3) is 0.533. The van der Waals surface area contributed by atoms with Gasteiger partial charge < -0.3 is 24.4 Å². The third kappa shape index (κ3) is 3.96. The molecule has 1 aromatic carbocycles. The fourth-order valence-electron chi connectivity index (χ4n) is 2.44. The zero-order chi connectivity index (χ0) is 15.2. The van der Waals surface area contributed by atoms with E-state index in [9.17, 15) is 4.79 Å².